The van der Waals surface area contributed by atoms with E-state index in [9.17, 15) is 21.6 Å². The van der Waals surface area contributed by atoms with Crippen LogP contribution in [0.15, 0.2) is 23.8 Å². The molecule has 22 heavy (non-hydrogen) atoms. The molecule has 0 aliphatic carbocycles. The van der Waals surface area contributed by atoms with Crippen molar-refractivity contribution in [1.29, 1.82) is 0 Å². The second-order valence-electron chi connectivity index (χ2n) is 4.45. The zero-order valence-electron chi connectivity index (χ0n) is 12.8. The Bertz CT molecular complexity index is 620. The van der Waals surface area contributed by atoms with Gasteiger partial charge in [-0.15, -0.1) is 0 Å². The summed E-state index contributed by atoms with van der Waals surface area (Å²) in [6.45, 7) is 2.09. The van der Waals surface area contributed by atoms with E-state index in [0.29, 0.717) is 12.0 Å². The Balaban J connectivity index is 4.73. The highest BCUT2D eigenvalue weighted by Gasteiger charge is 2.05. The average molecular weight is 354 g/mol. The van der Waals surface area contributed by atoms with Crippen molar-refractivity contribution in [1.82, 2.24) is 9.44 Å². The van der Waals surface area contributed by atoms with Crippen LogP contribution in [-0.4, -0.2) is 55.0 Å². The number of rotatable bonds is 10. The first-order valence-electron chi connectivity index (χ1n) is 6.45. The molecule has 0 saturated carbocycles. The van der Waals surface area contributed by atoms with Crippen molar-refractivity contribution < 1.29 is 26.4 Å². The number of ether oxygens (including phenoxy) is 1. The van der Waals surface area contributed by atoms with Crippen molar-refractivity contribution in [2.24, 2.45) is 0 Å². The third kappa shape index (κ3) is 13.7. The Morgan fingerprint density at radius 2 is 1.68 bits per heavy atom. The van der Waals surface area contributed by atoms with E-state index >= 15 is 0 Å². The van der Waals surface area contributed by atoms with Gasteiger partial charge < -0.3 is 4.74 Å². The third-order valence-corrected chi connectivity index (χ3v) is 3.62. The zero-order valence-corrected chi connectivity index (χ0v) is 14.5. The molecule has 0 aliphatic rings. The standard InChI is InChI=1S/C12H22N2O6S2/c1-4-20-12(15)7-5-6-11(10-14-22(3,18)19)8-9-13-21(2,16)17/h5-7,13-14H,4,8-10H2,1-3H3/b7-5+,11-6-. The Labute approximate surface area is 131 Å². The van der Waals surface area contributed by atoms with E-state index in [1.165, 1.54) is 12.2 Å². The van der Waals surface area contributed by atoms with E-state index in [2.05, 4.69) is 9.44 Å². The van der Waals surface area contributed by atoms with E-state index in [4.69, 9.17) is 4.74 Å². The van der Waals surface area contributed by atoms with Gasteiger partial charge in [-0.3, -0.25) is 0 Å². The van der Waals surface area contributed by atoms with Crippen molar-refractivity contribution in [3.8, 4) is 0 Å². The molecule has 0 radical (unpaired) electrons. The van der Waals surface area contributed by atoms with Crippen LogP contribution in [-0.2, 0) is 29.6 Å². The van der Waals surface area contributed by atoms with Crippen LogP contribution >= 0.6 is 0 Å². The molecule has 0 aromatic heterocycles. The fourth-order valence-electron chi connectivity index (χ4n) is 1.30. The lowest BCUT2D eigenvalue weighted by molar-refractivity contribution is -0.137. The Morgan fingerprint density at radius 1 is 1.09 bits per heavy atom. The summed E-state index contributed by atoms with van der Waals surface area (Å²) in [5.74, 6) is -0.511. The van der Waals surface area contributed by atoms with E-state index in [1.54, 1.807) is 13.0 Å². The molecule has 0 spiro atoms. The van der Waals surface area contributed by atoms with Gasteiger partial charge in [0.1, 0.15) is 0 Å². The summed E-state index contributed by atoms with van der Waals surface area (Å²) >= 11 is 0. The molecule has 0 aromatic rings. The fourth-order valence-corrected chi connectivity index (χ4v) is 2.22. The van der Waals surface area contributed by atoms with E-state index in [-0.39, 0.29) is 19.7 Å². The van der Waals surface area contributed by atoms with Gasteiger partial charge in [0.25, 0.3) is 0 Å². The molecule has 0 aromatic carbocycles. The van der Waals surface area contributed by atoms with E-state index in [0.717, 1.165) is 12.5 Å². The predicted octanol–water partition coefficient (Wildman–Crippen LogP) is -0.479. The number of allylic oxidation sites excluding steroid dienone is 2. The molecule has 0 unspecified atom stereocenters. The molecule has 0 heterocycles. The number of nitrogens with one attached hydrogen (secondary N) is 2. The largest absolute Gasteiger partial charge is 0.463 e. The second kappa shape index (κ2) is 9.72. The van der Waals surface area contributed by atoms with Crippen LogP contribution in [0.1, 0.15) is 13.3 Å². The Hall–Kier alpha value is -1.23. The molecule has 2 N–H and O–H groups in total. The highest BCUT2D eigenvalue weighted by atomic mass is 32.2. The van der Waals surface area contributed by atoms with Gasteiger partial charge in [-0.25, -0.2) is 31.1 Å². The molecule has 0 atom stereocenters. The smallest absolute Gasteiger partial charge is 0.330 e. The van der Waals surface area contributed by atoms with Crippen LogP contribution in [0.2, 0.25) is 0 Å². The molecule has 8 nitrogen and oxygen atoms in total. The molecule has 128 valence electrons. The maximum Gasteiger partial charge on any atom is 0.330 e. The molecule has 0 fully saturated rings. The summed E-state index contributed by atoms with van der Waals surface area (Å²) in [4.78, 5) is 11.1. The zero-order chi connectivity index (χ0) is 17.2. The van der Waals surface area contributed by atoms with Gasteiger partial charge in [0.2, 0.25) is 20.0 Å². The number of carbonyl (C=O) groups is 1. The minimum Gasteiger partial charge on any atom is -0.463 e. The van der Waals surface area contributed by atoms with Gasteiger partial charge in [-0.2, -0.15) is 0 Å². The van der Waals surface area contributed by atoms with Gasteiger partial charge in [0, 0.05) is 19.2 Å². The quantitative estimate of drug-likeness (QED) is 0.311. The number of sulfonamides is 2. The van der Waals surface area contributed by atoms with Gasteiger partial charge in [0.15, 0.2) is 0 Å². The van der Waals surface area contributed by atoms with Crippen LogP contribution in [0.3, 0.4) is 0 Å². The molecule has 10 heteroatoms. The molecule has 0 aliphatic heterocycles. The minimum absolute atomic E-state index is 0.0252. The van der Waals surface area contributed by atoms with Gasteiger partial charge >= 0.3 is 5.97 Å². The Morgan fingerprint density at radius 3 is 2.18 bits per heavy atom. The lowest BCUT2D eigenvalue weighted by Gasteiger charge is -2.08. The minimum atomic E-state index is -3.37. The van der Waals surface area contributed by atoms with Crippen LogP contribution in [0.4, 0.5) is 0 Å². The first-order chi connectivity index (χ1) is 10.0. The molecule has 0 rings (SSSR count). The van der Waals surface area contributed by atoms with Gasteiger partial charge in [-0.05, 0) is 13.3 Å². The SMILES string of the molecule is CCOC(=O)/C=C/C=C(/CCNS(C)(=O)=O)CNS(C)(=O)=O. The summed E-state index contributed by atoms with van der Waals surface area (Å²) in [5, 5.41) is 0. The highest BCUT2D eigenvalue weighted by molar-refractivity contribution is 7.89. The number of carbonyl (C=O) groups excluding carboxylic acids is 1. The van der Waals surface area contributed by atoms with E-state index < -0.39 is 26.0 Å². The van der Waals surface area contributed by atoms with Crippen molar-refractivity contribution in [2.45, 2.75) is 13.3 Å². The highest BCUT2D eigenvalue weighted by Crippen LogP contribution is 2.01. The summed E-state index contributed by atoms with van der Waals surface area (Å²) in [6, 6.07) is 0. The molecule has 0 bridgehead atoms. The lowest BCUT2D eigenvalue weighted by Crippen LogP contribution is -2.27. The number of hydrogen-bond donors (Lipinski definition) is 2. The number of hydrogen-bond acceptors (Lipinski definition) is 6. The lowest BCUT2D eigenvalue weighted by atomic mass is 10.2. The van der Waals surface area contributed by atoms with Crippen molar-refractivity contribution >= 4 is 26.0 Å². The fraction of sp³-hybridized carbons (Fsp3) is 0.583. The summed E-state index contributed by atoms with van der Waals surface area (Å²) in [6.07, 6.45) is 6.52. The molecular weight excluding hydrogens is 332 g/mol. The second-order valence-corrected chi connectivity index (χ2v) is 8.11. The van der Waals surface area contributed by atoms with Crippen molar-refractivity contribution in [2.75, 3.05) is 32.2 Å². The van der Waals surface area contributed by atoms with Crippen LogP contribution in [0.25, 0.3) is 0 Å². The summed E-state index contributed by atoms with van der Waals surface area (Å²) < 4.78 is 53.5. The van der Waals surface area contributed by atoms with Crippen LogP contribution < -0.4 is 9.44 Å². The first kappa shape index (κ1) is 20.8. The van der Waals surface area contributed by atoms with Crippen LogP contribution in [0.5, 0.6) is 0 Å². The van der Waals surface area contributed by atoms with Crippen molar-refractivity contribution in [3.63, 3.8) is 0 Å². The average Bonchev–Trinajstić information content (AvgIpc) is 2.33. The molecule has 0 amide bonds. The Kier molecular flexibility index (Phi) is 9.18. The monoisotopic (exact) mass is 354 g/mol. The van der Waals surface area contributed by atoms with Crippen molar-refractivity contribution in [3.05, 3.63) is 23.8 Å². The topological polar surface area (TPSA) is 119 Å². The molecule has 0 saturated heterocycles. The van der Waals surface area contributed by atoms with Gasteiger partial charge in [0.05, 0.1) is 19.1 Å². The number of esters is 1. The maximum absolute atomic E-state index is 11.1. The third-order valence-electron chi connectivity index (χ3n) is 2.22. The predicted molar refractivity (Wildman–Crippen MR) is 84.2 cm³/mol. The normalized spacial score (nSPS) is 13.5. The van der Waals surface area contributed by atoms with Gasteiger partial charge in [-0.1, -0.05) is 17.7 Å². The van der Waals surface area contributed by atoms with Crippen LogP contribution in [0, 0.1) is 0 Å². The first-order valence-corrected chi connectivity index (χ1v) is 10.2. The molecular formula is C12H22N2O6S2. The van der Waals surface area contributed by atoms with E-state index in [1.807, 2.05) is 0 Å². The summed E-state index contributed by atoms with van der Waals surface area (Å²) in [7, 11) is -6.68. The summed E-state index contributed by atoms with van der Waals surface area (Å²) in [5.41, 5.74) is 0.613. The maximum atomic E-state index is 11.1.